The SMILES string of the molecule is C=Cc1ccc2c3c(ccc(/C(C)=N/c4ccccc4C)c13)[nH]n1c3ccccc3nc21. The van der Waals surface area contributed by atoms with Crippen molar-refractivity contribution in [1.29, 1.82) is 0 Å². The highest BCUT2D eigenvalue weighted by atomic mass is 15.3. The smallest absolute Gasteiger partial charge is 0.160 e. The first-order valence-electron chi connectivity index (χ1n) is 10.7. The molecule has 32 heavy (non-hydrogen) atoms. The molecule has 0 spiro atoms. The minimum atomic E-state index is 0.921. The Morgan fingerprint density at radius 1 is 0.969 bits per heavy atom. The molecule has 0 fully saturated rings. The fraction of sp³-hybridized carbons (Fsp3) is 0.0714. The van der Waals surface area contributed by atoms with Gasteiger partial charge in [0, 0.05) is 27.4 Å². The number of aromatic amines is 1. The first-order valence-corrected chi connectivity index (χ1v) is 10.7. The molecule has 2 heterocycles. The first kappa shape index (κ1) is 18.6. The van der Waals surface area contributed by atoms with Gasteiger partial charge in [-0.3, -0.25) is 10.1 Å². The average Bonchev–Trinajstić information content (AvgIpc) is 3.19. The Bertz CT molecular complexity index is 1710. The number of imidazole rings is 1. The second kappa shape index (κ2) is 6.92. The van der Waals surface area contributed by atoms with Gasteiger partial charge < -0.3 is 0 Å². The van der Waals surface area contributed by atoms with Crippen LogP contribution in [-0.4, -0.2) is 20.3 Å². The molecular weight excluding hydrogens is 392 g/mol. The summed E-state index contributed by atoms with van der Waals surface area (Å²) in [6.07, 6.45) is 1.92. The van der Waals surface area contributed by atoms with Crippen molar-refractivity contribution in [2.24, 2.45) is 4.99 Å². The average molecular weight is 415 g/mol. The highest BCUT2D eigenvalue weighted by Gasteiger charge is 2.17. The molecule has 0 amide bonds. The van der Waals surface area contributed by atoms with E-state index in [0.717, 1.165) is 66.4 Å². The van der Waals surface area contributed by atoms with E-state index in [4.69, 9.17) is 9.98 Å². The van der Waals surface area contributed by atoms with Crippen LogP contribution in [-0.2, 0) is 0 Å². The molecule has 4 nitrogen and oxygen atoms in total. The summed E-state index contributed by atoms with van der Waals surface area (Å²) in [5.74, 6) is 0. The topological polar surface area (TPSA) is 45.5 Å². The molecule has 0 saturated heterocycles. The minimum Gasteiger partial charge on any atom is -0.292 e. The van der Waals surface area contributed by atoms with Crippen LogP contribution in [0.1, 0.15) is 23.6 Å². The zero-order chi connectivity index (χ0) is 21.8. The lowest BCUT2D eigenvalue weighted by Gasteiger charge is -2.15. The highest BCUT2D eigenvalue weighted by Crippen LogP contribution is 2.35. The van der Waals surface area contributed by atoms with Gasteiger partial charge in [0.15, 0.2) is 5.65 Å². The van der Waals surface area contributed by atoms with Crippen LogP contribution in [0.3, 0.4) is 0 Å². The lowest BCUT2D eigenvalue weighted by molar-refractivity contribution is 1.01. The Balaban J connectivity index is 1.73. The van der Waals surface area contributed by atoms with Gasteiger partial charge in [0.2, 0.25) is 0 Å². The Morgan fingerprint density at radius 2 is 1.78 bits per heavy atom. The fourth-order valence-electron chi connectivity index (χ4n) is 4.64. The van der Waals surface area contributed by atoms with Crippen LogP contribution >= 0.6 is 0 Å². The third kappa shape index (κ3) is 2.63. The van der Waals surface area contributed by atoms with Gasteiger partial charge >= 0.3 is 0 Å². The maximum atomic E-state index is 4.98. The van der Waals surface area contributed by atoms with Crippen LogP contribution in [0.4, 0.5) is 5.69 Å². The zero-order valence-corrected chi connectivity index (χ0v) is 18.1. The van der Waals surface area contributed by atoms with Crippen molar-refractivity contribution in [3.8, 4) is 0 Å². The molecule has 0 atom stereocenters. The molecule has 4 aromatic carbocycles. The number of aromatic nitrogens is 3. The lowest BCUT2D eigenvalue weighted by Crippen LogP contribution is -2.01. The van der Waals surface area contributed by atoms with E-state index in [9.17, 15) is 0 Å². The molecule has 2 aromatic heterocycles. The molecule has 1 N–H and O–H groups in total. The highest BCUT2D eigenvalue weighted by molar-refractivity contribution is 6.23. The standard InChI is InChI=1S/C28H22N4/c1-4-19-13-14-21-27-24(31-32-25-12-8-7-11-23(25)30-28(21)32)16-15-20(26(19)27)18(3)29-22-10-6-5-9-17(22)2/h4-16,31H,1H2,2-3H3/b29-18+. The number of nitrogens with zero attached hydrogens (tertiary/aromatic N) is 3. The van der Waals surface area contributed by atoms with Gasteiger partial charge in [0.05, 0.1) is 22.2 Å². The van der Waals surface area contributed by atoms with E-state index in [1.165, 1.54) is 0 Å². The summed E-state index contributed by atoms with van der Waals surface area (Å²) in [5.41, 5.74) is 9.34. The van der Waals surface area contributed by atoms with Crippen molar-refractivity contribution in [1.82, 2.24) is 14.6 Å². The van der Waals surface area contributed by atoms with Gasteiger partial charge in [0.1, 0.15) is 0 Å². The normalized spacial score (nSPS) is 12.4. The van der Waals surface area contributed by atoms with E-state index in [1.807, 2.05) is 36.4 Å². The quantitative estimate of drug-likeness (QED) is 0.305. The molecule has 6 rings (SSSR count). The third-order valence-corrected chi connectivity index (χ3v) is 6.24. The molecule has 0 aliphatic carbocycles. The summed E-state index contributed by atoms with van der Waals surface area (Å²) in [6.45, 7) is 8.25. The van der Waals surface area contributed by atoms with Crippen LogP contribution < -0.4 is 0 Å². The number of H-pyrrole nitrogens is 1. The Kier molecular flexibility index (Phi) is 4.02. The van der Waals surface area contributed by atoms with Gasteiger partial charge in [0.25, 0.3) is 0 Å². The van der Waals surface area contributed by atoms with Crippen LogP contribution in [0.2, 0.25) is 0 Å². The van der Waals surface area contributed by atoms with Crippen molar-refractivity contribution in [3.63, 3.8) is 0 Å². The maximum Gasteiger partial charge on any atom is 0.160 e. The molecule has 0 aliphatic rings. The molecule has 0 unspecified atom stereocenters. The molecule has 0 saturated carbocycles. The van der Waals surface area contributed by atoms with Crippen LogP contribution in [0.25, 0.3) is 44.4 Å². The van der Waals surface area contributed by atoms with Gasteiger partial charge in [-0.25, -0.2) is 9.50 Å². The summed E-state index contributed by atoms with van der Waals surface area (Å²) in [5, 5.41) is 7.00. The number of nitrogens with one attached hydrogen (secondary N) is 1. The Hall–Kier alpha value is -4.18. The monoisotopic (exact) mass is 414 g/mol. The van der Waals surface area contributed by atoms with Gasteiger partial charge in [-0.1, -0.05) is 55.1 Å². The summed E-state index contributed by atoms with van der Waals surface area (Å²) in [6, 6.07) is 25.0. The maximum absolute atomic E-state index is 4.98. The number of aryl methyl sites for hydroxylation is 1. The van der Waals surface area contributed by atoms with Gasteiger partial charge in [-0.05, 0) is 55.3 Å². The third-order valence-electron chi connectivity index (χ3n) is 6.24. The second-order valence-electron chi connectivity index (χ2n) is 8.17. The van der Waals surface area contributed by atoms with Crippen molar-refractivity contribution >= 4 is 55.8 Å². The number of hydrogen-bond donors (Lipinski definition) is 1. The molecule has 0 bridgehead atoms. The summed E-state index contributed by atoms with van der Waals surface area (Å²) >= 11 is 0. The number of benzene rings is 4. The Labute approximate surface area is 185 Å². The van der Waals surface area contributed by atoms with E-state index in [1.54, 1.807) is 0 Å². The van der Waals surface area contributed by atoms with E-state index in [-0.39, 0.29) is 0 Å². The molecular formula is C28H22N4. The van der Waals surface area contributed by atoms with Gasteiger partial charge in [-0.15, -0.1) is 0 Å². The largest absolute Gasteiger partial charge is 0.292 e. The number of aliphatic imine (C=N–C) groups is 1. The van der Waals surface area contributed by atoms with E-state index in [0.29, 0.717) is 0 Å². The molecule has 0 aliphatic heterocycles. The van der Waals surface area contributed by atoms with E-state index < -0.39 is 0 Å². The number of fused-ring (bicyclic) bond motifs is 4. The van der Waals surface area contributed by atoms with Crippen molar-refractivity contribution in [2.75, 3.05) is 0 Å². The zero-order valence-electron chi connectivity index (χ0n) is 18.1. The number of hydrogen-bond acceptors (Lipinski definition) is 2. The second-order valence-corrected chi connectivity index (χ2v) is 8.17. The molecule has 6 aromatic rings. The molecule has 154 valence electrons. The van der Waals surface area contributed by atoms with E-state index in [2.05, 4.69) is 72.5 Å². The first-order chi connectivity index (χ1) is 15.7. The molecule has 0 radical (unpaired) electrons. The predicted octanol–water partition coefficient (Wildman–Crippen LogP) is 7.21. The van der Waals surface area contributed by atoms with Gasteiger partial charge in [-0.2, -0.15) is 0 Å². The lowest BCUT2D eigenvalue weighted by atomic mass is 9.93. The number of rotatable bonds is 3. The van der Waals surface area contributed by atoms with Crippen molar-refractivity contribution < 1.29 is 0 Å². The summed E-state index contributed by atoms with van der Waals surface area (Å²) < 4.78 is 2.08. The number of para-hydroxylation sites is 3. The van der Waals surface area contributed by atoms with Crippen LogP contribution in [0, 0.1) is 6.92 Å². The summed E-state index contributed by atoms with van der Waals surface area (Å²) in [4.78, 5) is 9.91. The van der Waals surface area contributed by atoms with Crippen LogP contribution in [0.5, 0.6) is 0 Å². The minimum absolute atomic E-state index is 0.921. The Morgan fingerprint density at radius 3 is 2.62 bits per heavy atom. The van der Waals surface area contributed by atoms with Crippen LogP contribution in [0.15, 0.2) is 84.4 Å². The fourth-order valence-corrected chi connectivity index (χ4v) is 4.64. The van der Waals surface area contributed by atoms with Crippen molar-refractivity contribution in [3.05, 3.63) is 96.1 Å². The summed E-state index contributed by atoms with van der Waals surface area (Å²) in [7, 11) is 0. The molecule has 4 heteroatoms. The van der Waals surface area contributed by atoms with Crippen molar-refractivity contribution in [2.45, 2.75) is 13.8 Å². The van der Waals surface area contributed by atoms with E-state index >= 15 is 0 Å². The predicted molar refractivity (Wildman–Crippen MR) is 135 cm³/mol.